The fourth-order valence-corrected chi connectivity index (χ4v) is 2.37. The number of rotatable bonds is 3. The minimum absolute atomic E-state index is 0.0489. The van der Waals surface area contributed by atoms with Crippen molar-refractivity contribution in [1.29, 1.82) is 0 Å². The number of ether oxygens (including phenoxy) is 1. The predicted octanol–water partition coefficient (Wildman–Crippen LogP) is 2.01. The Morgan fingerprint density at radius 3 is 3.10 bits per heavy atom. The Labute approximate surface area is 117 Å². The van der Waals surface area contributed by atoms with Crippen LogP contribution in [0.1, 0.15) is 21.1 Å². The van der Waals surface area contributed by atoms with Gasteiger partial charge in [0.05, 0.1) is 5.69 Å². The molecule has 102 valence electrons. The molecule has 0 fully saturated rings. The second-order valence-corrected chi connectivity index (χ2v) is 5.09. The van der Waals surface area contributed by atoms with Crippen molar-refractivity contribution in [2.24, 2.45) is 0 Å². The highest BCUT2D eigenvalue weighted by molar-refractivity contribution is 7.11. The van der Waals surface area contributed by atoms with E-state index in [2.05, 4.69) is 4.98 Å². The molecule has 3 rings (SSSR count). The zero-order chi connectivity index (χ0) is 14.1. The fourth-order valence-electron chi connectivity index (χ4n) is 1.75. The normalized spacial score (nSPS) is 10.8. The highest BCUT2D eigenvalue weighted by Gasteiger charge is 2.11. The maximum Gasteiger partial charge on any atom is 0.348 e. The van der Waals surface area contributed by atoms with Gasteiger partial charge in [0.15, 0.2) is 5.65 Å². The van der Waals surface area contributed by atoms with Crippen molar-refractivity contribution in [3.05, 3.63) is 56.3 Å². The molecule has 0 amide bonds. The van der Waals surface area contributed by atoms with Crippen LogP contribution in [0, 0.1) is 6.92 Å². The molecule has 0 saturated heterocycles. The molecule has 0 aliphatic carbocycles. The maximum absolute atomic E-state index is 11.8. The minimum Gasteiger partial charge on any atom is -0.455 e. The molecule has 7 heteroatoms. The van der Waals surface area contributed by atoms with Crippen LogP contribution >= 0.6 is 11.3 Å². The molecule has 0 N–H and O–H groups in total. The Kier molecular flexibility index (Phi) is 3.11. The molecular formula is C13H10N2O4S. The minimum atomic E-state index is -0.426. The van der Waals surface area contributed by atoms with E-state index >= 15 is 0 Å². The van der Waals surface area contributed by atoms with Crippen LogP contribution in [-0.4, -0.2) is 15.5 Å². The monoisotopic (exact) mass is 290 g/mol. The molecular weight excluding hydrogens is 280 g/mol. The number of aromatic nitrogens is 2. The average molecular weight is 290 g/mol. The van der Waals surface area contributed by atoms with E-state index in [-0.39, 0.29) is 12.2 Å². The first-order chi connectivity index (χ1) is 9.63. The number of esters is 1. The van der Waals surface area contributed by atoms with E-state index in [1.54, 1.807) is 30.5 Å². The van der Waals surface area contributed by atoms with Gasteiger partial charge in [0.1, 0.15) is 17.2 Å². The van der Waals surface area contributed by atoms with Gasteiger partial charge in [0.2, 0.25) is 0 Å². The zero-order valence-electron chi connectivity index (χ0n) is 10.5. The molecule has 3 aromatic heterocycles. The number of hydrogen-bond donors (Lipinski definition) is 0. The van der Waals surface area contributed by atoms with E-state index in [0.29, 0.717) is 22.0 Å². The Bertz CT molecular complexity index is 817. The third-order valence-electron chi connectivity index (χ3n) is 2.60. The number of fused-ring (bicyclic) bond motifs is 1. The van der Waals surface area contributed by atoms with Gasteiger partial charge in [-0.05, 0) is 18.4 Å². The average Bonchev–Trinajstić information content (AvgIpc) is 3.04. The van der Waals surface area contributed by atoms with Crippen molar-refractivity contribution in [3.8, 4) is 0 Å². The van der Waals surface area contributed by atoms with Crippen molar-refractivity contribution < 1.29 is 14.1 Å². The second kappa shape index (κ2) is 4.93. The van der Waals surface area contributed by atoms with Crippen molar-refractivity contribution in [3.63, 3.8) is 0 Å². The third kappa shape index (κ3) is 2.35. The molecule has 3 aromatic rings. The largest absolute Gasteiger partial charge is 0.455 e. The summed E-state index contributed by atoms with van der Waals surface area (Å²) in [5.41, 5.74) is 0.447. The van der Waals surface area contributed by atoms with Crippen LogP contribution in [0.2, 0.25) is 0 Å². The molecule has 0 bridgehead atoms. The number of aryl methyl sites for hydroxylation is 1. The predicted molar refractivity (Wildman–Crippen MR) is 71.9 cm³/mol. The van der Waals surface area contributed by atoms with Crippen molar-refractivity contribution in [2.45, 2.75) is 13.5 Å². The lowest BCUT2D eigenvalue weighted by molar-refractivity contribution is 0.0473. The summed E-state index contributed by atoms with van der Waals surface area (Å²) in [5.74, 6) is 0.160. The van der Waals surface area contributed by atoms with Gasteiger partial charge in [-0.15, -0.1) is 15.9 Å². The number of carbonyl (C=O) groups excluding carboxylic acids is 1. The quantitative estimate of drug-likeness (QED) is 0.690. The molecule has 0 aliphatic rings. The Hall–Kier alpha value is -2.41. The standard InChI is InChI=1S/C13H10N2O4S/c1-8-5-11-14-9(6-12(16)15(11)19-8)7-18-13(17)10-3-2-4-20-10/h2-6H,7H2,1H3. The Balaban J connectivity index is 1.81. The molecule has 3 heterocycles. The van der Waals surface area contributed by atoms with Gasteiger partial charge in [0, 0.05) is 12.1 Å². The van der Waals surface area contributed by atoms with Gasteiger partial charge < -0.3 is 9.26 Å². The number of nitrogens with zero attached hydrogens (tertiary/aromatic N) is 2. The Morgan fingerprint density at radius 2 is 2.35 bits per heavy atom. The van der Waals surface area contributed by atoms with Crippen LogP contribution in [0.25, 0.3) is 5.65 Å². The van der Waals surface area contributed by atoms with E-state index in [9.17, 15) is 9.59 Å². The van der Waals surface area contributed by atoms with Gasteiger partial charge >= 0.3 is 5.97 Å². The summed E-state index contributed by atoms with van der Waals surface area (Å²) < 4.78 is 11.4. The molecule has 0 unspecified atom stereocenters. The van der Waals surface area contributed by atoms with Gasteiger partial charge in [-0.25, -0.2) is 9.78 Å². The Morgan fingerprint density at radius 1 is 1.50 bits per heavy atom. The zero-order valence-corrected chi connectivity index (χ0v) is 11.3. The first-order valence-corrected chi connectivity index (χ1v) is 6.72. The van der Waals surface area contributed by atoms with Crippen LogP contribution in [0.15, 0.2) is 39.0 Å². The highest BCUT2D eigenvalue weighted by Crippen LogP contribution is 2.11. The maximum atomic E-state index is 11.8. The molecule has 0 radical (unpaired) electrons. The summed E-state index contributed by atoms with van der Waals surface area (Å²) in [5, 5.41) is 1.79. The lowest BCUT2D eigenvalue weighted by Gasteiger charge is -2.02. The SMILES string of the molecule is Cc1cc2nc(COC(=O)c3cccs3)cc(=O)n2o1. The smallest absolute Gasteiger partial charge is 0.348 e. The fraction of sp³-hybridized carbons (Fsp3) is 0.154. The third-order valence-corrected chi connectivity index (χ3v) is 3.45. The van der Waals surface area contributed by atoms with Crippen LogP contribution in [0.5, 0.6) is 0 Å². The van der Waals surface area contributed by atoms with Gasteiger partial charge in [-0.3, -0.25) is 4.79 Å². The molecule has 20 heavy (non-hydrogen) atoms. The second-order valence-electron chi connectivity index (χ2n) is 4.14. The summed E-state index contributed by atoms with van der Waals surface area (Å²) in [6.45, 7) is 1.68. The first-order valence-electron chi connectivity index (χ1n) is 5.84. The van der Waals surface area contributed by atoms with Crippen molar-refractivity contribution >= 4 is 23.0 Å². The molecule has 6 nitrogen and oxygen atoms in total. The topological polar surface area (TPSA) is 73.8 Å². The lowest BCUT2D eigenvalue weighted by Crippen LogP contribution is -2.14. The summed E-state index contributed by atoms with van der Waals surface area (Å²) in [6.07, 6.45) is 0. The summed E-state index contributed by atoms with van der Waals surface area (Å²) >= 11 is 1.30. The number of thiophene rings is 1. The molecule has 0 aromatic carbocycles. The van der Waals surface area contributed by atoms with Gasteiger partial charge in [-0.1, -0.05) is 6.07 Å². The van der Waals surface area contributed by atoms with Crippen molar-refractivity contribution in [2.75, 3.05) is 0 Å². The lowest BCUT2D eigenvalue weighted by atomic mass is 10.4. The number of hydrogen-bond acceptors (Lipinski definition) is 6. The van der Waals surface area contributed by atoms with E-state index in [4.69, 9.17) is 9.26 Å². The molecule has 0 saturated carbocycles. The molecule has 0 aliphatic heterocycles. The van der Waals surface area contributed by atoms with Crippen LogP contribution in [-0.2, 0) is 11.3 Å². The highest BCUT2D eigenvalue weighted by atomic mass is 32.1. The van der Waals surface area contributed by atoms with Crippen LogP contribution < -0.4 is 5.56 Å². The summed E-state index contributed by atoms with van der Waals surface area (Å²) in [7, 11) is 0. The summed E-state index contributed by atoms with van der Waals surface area (Å²) in [4.78, 5) is 28.2. The van der Waals surface area contributed by atoms with E-state index < -0.39 is 5.97 Å². The van der Waals surface area contributed by atoms with E-state index in [0.717, 1.165) is 4.57 Å². The summed E-state index contributed by atoms with van der Waals surface area (Å²) in [6, 6.07) is 6.38. The van der Waals surface area contributed by atoms with Gasteiger partial charge in [-0.2, -0.15) is 0 Å². The van der Waals surface area contributed by atoms with Crippen LogP contribution in [0.3, 0.4) is 0 Å². The molecule has 0 atom stereocenters. The van der Waals surface area contributed by atoms with Crippen LogP contribution in [0.4, 0.5) is 0 Å². The molecule has 0 spiro atoms. The van der Waals surface area contributed by atoms with Gasteiger partial charge in [0.25, 0.3) is 5.56 Å². The first kappa shape index (κ1) is 12.6. The van der Waals surface area contributed by atoms with E-state index in [1.807, 2.05) is 0 Å². The number of carbonyl (C=O) groups is 1. The van der Waals surface area contributed by atoms with Crippen molar-refractivity contribution in [1.82, 2.24) is 9.56 Å². The van der Waals surface area contributed by atoms with E-state index in [1.165, 1.54) is 17.4 Å².